The lowest BCUT2D eigenvalue weighted by Gasteiger charge is -2.26. The number of nitrogens with one attached hydrogen (secondary N) is 1. The number of nitrogens with zero attached hydrogens (tertiary/aromatic N) is 2. The molecule has 59 heavy (non-hydrogen) atoms. The molecule has 4 heteroatoms. The monoisotopic (exact) mass is 757 g/mol. The number of allylic oxidation sites excluding steroid dienone is 3. The molecule has 0 bridgehead atoms. The molecule has 2 heterocycles. The molecule has 1 N–H and O–H groups in total. The van der Waals surface area contributed by atoms with Crippen LogP contribution in [0.4, 0.5) is 0 Å². The Kier molecular flexibility index (Phi) is 8.66. The highest BCUT2D eigenvalue weighted by Crippen LogP contribution is 2.43. The SMILES string of the molecule is C1=CC(C2=NC(c3ccc(-c4ccccc4)cc3)NC(c3ccc(-c4cccc5oc6c7ccccc7c(-c7ccccc7)cc6c45)cc3)=N2)CC=C1c1ccccc1. The highest BCUT2D eigenvalue weighted by molar-refractivity contribution is 6.22. The van der Waals surface area contributed by atoms with Crippen LogP contribution >= 0.6 is 0 Å². The smallest absolute Gasteiger partial charge is 0.147 e. The predicted octanol–water partition coefficient (Wildman–Crippen LogP) is 13.8. The van der Waals surface area contributed by atoms with Crippen LogP contribution in [-0.4, -0.2) is 11.7 Å². The zero-order valence-corrected chi connectivity index (χ0v) is 32.3. The van der Waals surface area contributed by atoms with Gasteiger partial charge in [0.15, 0.2) is 0 Å². The lowest BCUT2D eigenvalue weighted by Crippen LogP contribution is -2.35. The summed E-state index contributed by atoms with van der Waals surface area (Å²) in [7, 11) is 0. The van der Waals surface area contributed by atoms with Crippen LogP contribution in [-0.2, 0) is 0 Å². The van der Waals surface area contributed by atoms with Crippen LogP contribution in [0, 0.1) is 5.92 Å². The van der Waals surface area contributed by atoms with Gasteiger partial charge in [0.2, 0.25) is 0 Å². The maximum absolute atomic E-state index is 6.67. The van der Waals surface area contributed by atoms with E-state index in [9.17, 15) is 0 Å². The number of hydrogen-bond donors (Lipinski definition) is 1. The van der Waals surface area contributed by atoms with Gasteiger partial charge in [-0.2, -0.15) is 0 Å². The van der Waals surface area contributed by atoms with Crippen molar-refractivity contribution in [3.63, 3.8) is 0 Å². The van der Waals surface area contributed by atoms with Crippen molar-refractivity contribution < 1.29 is 4.42 Å². The summed E-state index contributed by atoms with van der Waals surface area (Å²) < 4.78 is 6.67. The van der Waals surface area contributed by atoms with Crippen LogP contribution in [0.5, 0.6) is 0 Å². The van der Waals surface area contributed by atoms with Crippen LogP contribution in [0.15, 0.2) is 221 Å². The molecule has 4 nitrogen and oxygen atoms in total. The fraction of sp³-hybridized carbons (Fsp3) is 0.0545. The highest BCUT2D eigenvalue weighted by atomic mass is 16.3. The number of rotatable bonds is 7. The van der Waals surface area contributed by atoms with Crippen molar-refractivity contribution in [2.24, 2.45) is 15.9 Å². The molecule has 0 saturated carbocycles. The highest BCUT2D eigenvalue weighted by Gasteiger charge is 2.25. The number of fused-ring (bicyclic) bond motifs is 5. The van der Waals surface area contributed by atoms with Crippen LogP contribution in [0.1, 0.15) is 29.3 Å². The summed E-state index contributed by atoms with van der Waals surface area (Å²) in [6, 6.07) is 66.4. The number of benzene rings is 8. The molecular weight excluding hydrogens is 719 g/mol. The Labute approximate surface area is 343 Å². The van der Waals surface area contributed by atoms with Gasteiger partial charge >= 0.3 is 0 Å². The maximum atomic E-state index is 6.67. The first-order valence-corrected chi connectivity index (χ1v) is 20.3. The third-order valence-corrected chi connectivity index (χ3v) is 11.7. The molecular formula is C55H39N3O. The second-order valence-corrected chi connectivity index (χ2v) is 15.3. The van der Waals surface area contributed by atoms with E-state index in [0.29, 0.717) is 0 Å². The molecule has 280 valence electrons. The van der Waals surface area contributed by atoms with Crippen LogP contribution in [0.2, 0.25) is 0 Å². The Morgan fingerprint density at radius 1 is 0.508 bits per heavy atom. The Morgan fingerprint density at radius 3 is 1.83 bits per heavy atom. The summed E-state index contributed by atoms with van der Waals surface area (Å²) >= 11 is 0. The fourth-order valence-electron chi connectivity index (χ4n) is 8.65. The van der Waals surface area contributed by atoms with Crippen molar-refractivity contribution in [1.82, 2.24) is 5.32 Å². The van der Waals surface area contributed by atoms with E-state index in [-0.39, 0.29) is 12.1 Å². The lowest BCUT2D eigenvalue weighted by atomic mass is 9.92. The van der Waals surface area contributed by atoms with Gasteiger partial charge in [-0.05, 0) is 74.0 Å². The molecule has 0 saturated heterocycles. The van der Waals surface area contributed by atoms with Gasteiger partial charge in [-0.3, -0.25) is 0 Å². The van der Waals surface area contributed by atoms with Crippen LogP contribution in [0.25, 0.3) is 71.7 Å². The van der Waals surface area contributed by atoms with Gasteiger partial charge in [0.25, 0.3) is 0 Å². The number of hydrogen-bond acceptors (Lipinski definition) is 4. The molecule has 11 rings (SSSR count). The summed E-state index contributed by atoms with van der Waals surface area (Å²) in [6.45, 7) is 0. The summed E-state index contributed by atoms with van der Waals surface area (Å²) in [5.74, 6) is 1.71. The van der Waals surface area contributed by atoms with E-state index in [4.69, 9.17) is 14.4 Å². The number of furan rings is 1. The molecule has 1 aromatic heterocycles. The normalized spacial score (nSPS) is 16.4. The van der Waals surface area contributed by atoms with Crippen molar-refractivity contribution in [2.45, 2.75) is 12.6 Å². The molecule has 0 radical (unpaired) electrons. The summed E-state index contributed by atoms with van der Waals surface area (Å²) in [6.07, 6.45) is 7.33. The Morgan fingerprint density at radius 2 is 1.12 bits per heavy atom. The van der Waals surface area contributed by atoms with Gasteiger partial charge in [0.1, 0.15) is 29.0 Å². The minimum Gasteiger partial charge on any atom is -0.455 e. The number of aliphatic imine (C=N–C) groups is 2. The quantitative estimate of drug-likeness (QED) is 0.176. The summed E-state index contributed by atoms with van der Waals surface area (Å²) in [5.41, 5.74) is 13.3. The molecule has 0 fully saturated rings. The van der Waals surface area contributed by atoms with Gasteiger partial charge < -0.3 is 9.73 Å². The van der Waals surface area contributed by atoms with E-state index in [1.54, 1.807) is 0 Å². The zero-order chi connectivity index (χ0) is 39.1. The van der Waals surface area contributed by atoms with Crippen molar-refractivity contribution in [3.8, 4) is 33.4 Å². The first-order chi connectivity index (χ1) is 29.2. The molecule has 9 aromatic rings. The second-order valence-electron chi connectivity index (χ2n) is 15.3. The predicted molar refractivity (Wildman–Crippen MR) is 245 cm³/mol. The molecule has 1 aliphatic carbocycles. The minimum atomic E-state index is -0.283. The van der Waals surface area contributed by atoms with Crippen LogP contribution in [0.3, 0.4) is 0 Å². The standard InChI is InChI=1S/C55H39N3O/c1-4-13-36(14-5-1)38-23-29-42(30-24-38)53-56-54(43-31-25-39(26-32-43)37-15-6-2-7-16-37)58-55(57-53)44-33-27-41(28-34-44)45-21-12-22-50-51(45)49-35-48(40-17-8-3-9-18-40)46-19-10-11-20-47(46)52(49)59-50/h1-31,33-35,43,53H,32H2,(H,56,57,58). The van der Waals surface area contributed by atoms with Crippen molar-refractivity contribution in [1.29, 1.82) is 0 Å². The number of amidine groups is 2. The van der Waals surface area contributed by atoms with Gasteiger partial charge in [-0.1, -0.05) is 194 Å². The van der Waals surface area contributed by atoms with E-state index in [2.05, 4.69) is 206 Å². The fourth-order valence-corrected chi connectivity index (χ4v) is 8.65. The minimum absolute atomic E-state index is 0.0637. The van der Waals surface area contributed by atoms with Gasteiger partial charge in [0.05, 0.1) is 0 Å². The second kappa shape index (κ2) is 14.7. The van der Waals surface area contributed by atoms with E-state index in [1.165, 1.54) is 38.8 Å². The van der Waals surface area contributed by atoms with E-state index in [1.807, 2.05) is 6.07 Å². The van der Waals surface area contributed by atoms with Crippen molar-refractivity contribution in [2.75, 3.05) is 0 Å². The van der Waals surface area contributed by atoms with E-state index in [0.717, 1.165) is 67.7 Å². The maximum Gasteiger partial charge on any atom is 0.147 e. The lowest BCUT2D eigenvalue weighted by molar-refractivity contribution is 0.659. The van der Waals surface area contributed by atoms with Gasteiger partial charge in [-0.15, -0.1) is 0 Å². The Bertz CT molecular complexity index is 3120. The summed E-state index contributed by atoms with van der Waals surface area (Å²) in [5, 5.41) is 8.23. The van der Waals surface area contributed by atoms with Crippen molar-refractivity contribution >= 4 is 50.0 Å². The molecule has 2 aliphatic rings. The molecule has 2 unspecified atom stereocenters. The third kappa shape index (κ3) is 6.45. The largest absolute Gasteiger partial charge is 0.455 e. The topological polar surface area (TPSA) is 49.9 Å². The average molecular weight is 758 g/mol. The van der Waals surface area contributed by atoms with Crippen LogP contribution < -0.4 is 5.32 Å². The third-order valence-electron chi connectivity index (χ3n) is 11.7. The van der Waals surface area contributed by atoms with E-state index >= 15 is 0 Å². The molecule has 0 spiro atoms. The molecule has 1 aliphatic heterocycles. The Balaban J connectivity index is 0.961. The first-order valence-electron chi connectivity index (χ1n) is 20.3. The first kappa shape index (κ1) is 34.7. The summed E-state index contributed by atoms with van der Waals surface area (Å²) in [4.78, 5) is 10.5. The molecule has 2 atom stereocenters. The molecule has 8 aromatic carbocycles. The molecule has 0 amide bonds. The van der Waals surface area contributed by atoms with Crippen molar-refractivity contribution in [3.05, 3.63) is 223 Å². The average Bonchev–Trinajstić information content (AvgIpc) is 3.71. The van der Waals surface area contributed by atoms with Gasteiger partial charge in [0, 0.05) is 27.6 Å². The van der Waals surface area contributed by atoms with Gasteiger partial charge in [-0.25, -0.2) is 9.98 Å². The zero-order valence-electron chi connectivity index (χ0n) is 32.3. The van der Waals surface area contributed by atoms with E-state index < -0.39 is 0 Å². The Hall–Kier alpha value is -7.56.